The van der Waals surface area contributed by atoms with Gasteiger partial charge in [0.25, 0.3) is 0 Å². The van der Waals surface area contributed by atoms with Crippen molar-refractivity contribution in [2.45, 2.75) is 45.3 Å². The van der Waals surface area contributed by atoms with Crippen molar-refractivity contribution in [3.05, 3.63) is 0 Å². The third-order valence-electron chi connectivity index (χ3n) is 2.89. The van der Waals surface area contributed by atoms with Gasteiger partial charge in [0.05, 0.1) is 0 Å². The van der Waals surface area contributed by atoms with E-state index >= 15 is 0 Å². The SMILES string of the molecule is C[CH](O)[Ti]([CH](C)O)([CH](C)O)[CH](C)O. The van der Waals surface area contributed by atoms with Gasteiger partial charge >= 0.3 is 82.3 Å². The number of aliphatic hydroxyl groups excluding tert-OH is 4. The van der Waals surface area contributed by atoms with E-state index in [2.05, 4.69) is 0 Å². The van der Waals surface area contributed by atoms with Crippen LogP contribution in [0.5, 0.6) is 0 Å². The summed E-state index contributed by atoms with van der Waals surface area (Å²) in [6, 6.07) is 0. The van der Waals surface area contributed by atoms with Crippen molar-refractivity contribution in [2.24, 2.45) is 0 Å². The van der Waals surface area contributed by atoms with Crippen molar-refractivity contribution in [3.8, 4) is 0 Å². The average molecular weight is 228 g/mol. The van der Waals surface area contributed by atoms with Crippen molar-refractivity contribution >= 4 is 0 Å². The van der Waals surface area contributed by atoms with Crippen LogP contribution in [0.2, 0.25) is 0 Å². The molecule has 4 nitrogen and oxygen atoms in total. The molecule has 0 aromatic rings. The summed E-state index contributed by atoms with van der Waals surface area (Å²) in [4.78, 5) is 0. The fourth-order valence-electron chi connectivity index (χ4n) is 2.09. The molecule has 0 aromatic heterocycles. The van der Waals surface area contributed by atoms with Crippen LogP contribution < -0.4 is 0 Å². The standard InChI is InChI=1S/4C2H5O.Ti/c4*1-2-3;/h4*2-3H,1H3;. The zero-order valence-electron chi connectivity index (χ0n) is 8.60. The van der Waals surface area contributed by atoms with Gasteiger partial charge in [0.2, 0.25) is 0 Å². The van der Waals surface area contributed by atoms with Gasteiger partial charge in [-0.15, -0.1) is 0 Å². The average Bonchev–Trinajstić information content (AvgIpc) is 1.82. The van der Waals surface area contributed by atoms with E-state index < -0.39 is 34.2 Å². The van der Waals surface area contributed by atoms with Gasteiger partial charge in [-0.05, 0) is 0 Å². The fraction of sp³-hybridized carbons (Fsp3) is 1.00. The molecule has 4 N–H and O–H groups in total. The van der Waals surface area contributed by atoms with Gasteiger partial charge < -0.3 is 0 Å². The monoisotopic (exact) mass is 228 g/mol. The summed E-state index contributed by atoms with van der Waals surface area (Å²) in [7, 11) is 0. The minimum atomic E-state index is -3.44. The molecule has 0 aromatic carbocycles. The second-order valence-corrected chi connectivity index (χ2v) is 12.0. The second-order valence-electron chi connectivity index (χ2n) is 3.70. The van der Waals surface area contributed by atoms with E-state index in [0.29, 0.717) is 0 Å². The van der Waals surface area contributed by atoms with E-state index in [4.69, 9.17) is 0 Å². The van der Waals surface area contributed by atoms with E-state index in [1.807, 2.05) is 0 Å². The maximum absolute atomic E-state index is 9.58. The minimum absolute atomic E-state index is 0.792. The van der Waals surface area contributed by atoms with Gasteiger partial charge in [0.15, 0.2) is 0 Å². The third kappa shape index (κ3) is 2.32. The Balaban J connectivity index is 5.06. The second kappa shape index (κ2) is 4.87. The first kappa shape index (κ1) is 13.6. The molecular weight excluding hydrogens is 208 g/mol. The van der Waals surface area contributed by atoms with Gasteiger partial charge in [0.1, 0.15) is 0 Å². The first-order valence-corrected chi connectivity index (χ1v) is 8.10. The quantitative estimate of drug-likeness (QED) is 0.489. The summed E-state index contributed by atoms with van der Waals surface area (Å²) in [5, 5.41) is 38.3. The van der Waals surface area contributed by atoms with Crippen LogP contribution in [0.1, 0.15) is 27.7 Å². The molecule has 5 heteroatoms. The van der Waals surface area contributed by atoms with Crippen LogP contribution in [0, 0.1) is 0 Å². The van der Waals surface area contributed by atoms with E-state index in [1.54, 1.807) is 0 Å². The molecule has 0 bridgehead atoms. The van der Waals surface area contributed by atoms with E-state index in [-0.39, 0.29) is 0 Å². The number of rotatable bonds is 4. The molecule has 0 spiro atoms. The molecule has 0 aliphatic heterocycles. The van der Waals surface area contributed by atoms with Crippen LogP contribution >= 0.6 is 0 Å². The van der Waals surface area contributed by atoms with Gasteiger partial charge in [-0.3, -0.25) is 0 Å². The summed E-state index contributed by atoms with van der Waals surface area (Å²) >= 11 is -3.44. The Morgan fingerprint density at radius 1 is 0.615 bits per heavy atom. The molecule has 80 valence electrons. The summed E-state index contributed by atoms with van der Waals surface area (Å²) < 4.78 is -3.17. The van der Waals surface area contributed by atoms with E-state index in [0.717, 1.165) is 0 Å². The van der Waals surface area contributed by atoms with Crippen molar-refractivity contribution in [1.29, 1.82) is 0 Å². The molecule has 0 saturated heterocycles. The van der Waals surface area contributed by atoms with Crippen molar-refractivity contribution in [2.75, 3.05) is 0 Å². The Bertz CT molecular complexity index is 119. The van der Waals surface area contributed by atoms with Crippen LogP contribution in [0.15, 0.2) is 0 Å². The molecule has 0 heterocycles. The summed E-state index contributed by atoms with van der Waals surface area (Å²) in [5.41, 5.74) is 0. The normalized spacial score (nSPS) is 25.8. The molecule has 0 radical (unpaired) electrons. The zero-order chi connectivity index (χ0) is 10.8. The molecule has 4 unspecified atom stereocenters. The predicted molar refractivity (Wildman–Crippen MR) is 46.7 cm³/mol. The Hall–Kier alpha value is 0.554. The molecule has 0 rings (SSSR count). The Labute approximate surface area is 82.6 Å². The number of hydrogen-bond acceptors (Lipinski definition) is 4. The van der Waals surface area contributed by atoms with Gasteiger partial charge in [-0.25, -0.2) is 0 Å². The fourth-order valence-corrected chi connectivity index (χ4v) is 8.64. The molecular formula is C8H20O4Ti. The molecule has 0 aliphatic carbocycles. The van der Waals surface area contributed by atoms with Crippen molar-refractivity contribution in [3.63, 3.8) is 0 Å². The molecule has 0 aliphatic rings. The molecule has 4 atom stereocenters. The summed E-state index contributed by atoms with van der Waals surface area (Å²) in [5.74, 6) is 0. The van der Waals surface area contributed by atoms with Crippen LogP contribution in [-0.4, -0.2) is 38.1 Å². The van der Waals surface area contributed by atoms with Crippen LogP contribution in [0.25, 0.3) is 0 Å². The molecule has 13 heavy (non-hydrogen) atoms. The van der Waals surface area contributed by atoms with Crippen molar-refractivity contribution < 1.29 is 37.0 Å². The molecule has 0 fully saturated rings. The van der Waals surface area contributed by atoms with Crippen LogP contribution in [0.4, 0.5) is 0 Å². The van der Waals surface area contributed by atoms with Gasteiger partial charge in [0, 0.05) is 0 Å². The maximum atomic E-state index is 9.58. The first-order chi connectivity index (χ1) is 5.77. The Kier molecular flexibility index (Phi) is 5.08. The third-order valence-corrected chi connectivity index (χ3v) is 11.9. The number of hydrogen-bond donors (Lipinski definition) is 4. The predicted octanol–water partition coefficient (Wildman–Crippen LogP) is -0.507. The summed E-state index contributed by atoms with van der Waals surface area (Å²) in [6.45, 7) is 6.14. The molecule has 0 saturated carbocycles. The van der Waals surface area contributed by atoms with Gasteiger partial charge in [-0.1, -0.05) is 0 Å². The molecule has 0 amide bonds. The van der Waals surface area contributed by atoms with Crippen LogP contribution in [0.3, 0.4) is 0 Å². The van der Waals surface area contributed by atoms with Crippen LogP contribution in [-0.2, 0) is 16.6 Å². The Morgan fingerprint density at radius 3 is 0.769 bits per heavy atom. The topological polar surface area (TPSA) is 80.9 Å². The Morgan fingerprint density at radius 2 is 0.769 bits per heavy atom. The van der Waals surface area contributed by atoms with Crippen molar-refractivity contribution in [1.82, 2.24) is 0 Å². The number of aliphatic hydroxyl groups is 4. The van der Waals surface area contributed by atoms with Gasteiger partial charge in [-0.2, -0.15) is 0 Å². The summed E-state index contributed by atoms with van der Waals surface area (Å²) in [6.07, 6.45) is 0. The van der Waals surface area contributed by atoms with E-state index in [1.165, 1.54) is 27.7 Å². The zero-order valence-corrected chi connectivity index (χ0v) is 10.2. The van der Waals surface area contributed by atoms with E-state index in [9.17, 15) is 20.4 Å². The first-order valence-electron chi connectivity index (χ1n) is 4.50.